The first kappa shape index (κ1) is 14.4. The summed E-state index contributed by atoms with van der Waals surface area (Å²) in [5, 5.41) is 3.55. The molecule has 0 atom stereocenters. The van der Waals surface area contributed by atoms with Crippen molar-refractivity contribution in [2.75, 3.05) is 0 Å². The first-order valence-corrected chi connectivity index (χ1v) is 7.45. The highest BCUT2D eigenvalue weighted by Gasteiger charge is 2.18. The van der Waals surface area contributed by atoms with Crippen molar-refractivity contribution in [3.05, 3.63) is 29.3 Å². The van der Waals surface area contributed by atoms with Crippen molar-refractivity contribution < 1.29 is 4.74 Å². The summed E-state index contributed by atoms with van der Waals surface area (Å²) < 4.78 is 6.19. The van der Waals surface area contributed by atoms with Crippen LogP contribution in [0.3, 0.4) is 0 Å². The van der Waals surface area contributed by atoms with Gasteiger partial charge in [0.05, 0.1) is 6.10 Å². The molecule has 2 nitrogen and oxygen atoms in total. The molecule has 0 radical (unpaired) electrons. The molecule has 1 aliphatic carbocycles. The Morgan fingerprint density at radius 3 is 2.53 bits per heavy atom. The van der Waals surface area contributed by atoms with E-state index in [0.717, 1.165) is 12.3 Å². The fourth-order valence-electron chi connectivity index (χ4n) is 2.51. The molecule has 0 saturated heterocycles. The lowest BCUT2D eigenvalue weighted by Crippen LogP contribution is -2.35. The predicted octanol–water partition coefficient (Wildman–Crippen LogP) is 4.20. The standard InChI is InChI=1S/C17H27NO/c1-13-9-10-16(19-15-7-5-6-8-15)14(11-13)12-18-17(2,3)4/h9-11,15,18H,5-8,12H2,1-4H3. The molecule has 0 aliphatic heterocycles. The van der Waals surface area contributed by atoms with Gasteiger partial charge in [-0.2, -0.15) is 0 Å². The molecule has 0 aromatic heterocycles. The van der Waals surface area contributed by atoms with Crippen molar-refractivity contribution in [3.8, 4) is 5.75 Å². The third-order valence-corrected chi connectivity index (χ3v) is 3.62. The van der Waals surface area contributed by atoms with E-state index in [0.29, 0.717) is 6.10 Å². The van der Waals surface area contributed by atoms with Crippen LogP contribution in [0.15, 0.2) is 18.2 Å². The molecule has 19 heavy (non-hydrogen) atoms. The maximum absolute atomic E-state index is 6.19. The van der Waals surface area contributed by atoms with Gasteiger partial charge < -0.3 is 10.1 Å². The molecule has 1 aromatic carbocycles. The Hall–Kier alpha value is -1.02. The van der Waals surface area contributed by atoms with Gasteiger partial charge in [-0.1, -0.05) is 17.7 Å². The normalized spacial score (nSPS) is 16.8. The minimum Gasteiger partial charge on any atom is -0.490 e. The van der Waals surface area contributed by atoms with Gasteiger partial charge in [0.2, 0.25) is 0 Å². The van der Waals surface area contributed by atoms with E-state index in [2.05, 4.69) is 51.2 Å². The summed E-state index contributed by atoms with van der Waals surface area (Å²) in [4.78, 5) is 0. The lowest BCUT2D eigenvalue weighted by atomic mass is 10.1. The second kappa shape index (κ2) is 5.96. The van der Waals surface area contributed by atoms with E-state index in [1.807, 2.05) is 0 Å². The molecule has 106 valence electrons. The highest BCUT2D eigenvalue weighted by molar-refractivity contribution is 5.37. The van der Waals surface area contributed by atoms with Gasteiger partial charge in [0.15, 0.2) is 0 Å². The number of benzene rings is 1. The lowest BCUT2D eigenvalue weighted by molar-refractivity contribution is 0.207. The molecule has 1 fully saturated rings. The van der Waals surface area contributed by atoms with Crippen LogP contribution in [0.5, 0.6) is 5.75 Å². The summed E-state index contributed by atoms with van der Waals surface area (Å²) in [6.07, 6.45) is 5.47. The Kier molecular flexibility index (Phi) is 4.51. The van der Waals surface area contributed by atoms with Crippen molar-refractivity contribution in [2.45, 2.75) is 71.6 Å². The summed E-state index contributed by atoms with van der Waals surface area (Å²) in [5.41, 5.74) is 2.71. The van der Waals surface area contributed by atoms with Crippen molar-refractivity contribution in [3.63, 3.8) is 0 Å². The molecule has 0 amide bonds. The fraction of sp³-hybridized carbons (Fsp3) is 0.647. The molecule has 1 aromatic rings. The monoisotopic (exact) mass is 261 g/mol. The molecule has 1 N–H and O–H groups in total. The molecule has 0 bridgehead atoms. The second-order valence-electron chi connectivity index (χ2n) is 6.74. The molecule has 2 rings (SSSR count). The number of hydrogen-bond acceptors (Lipinski definition) is 2. The molecule has 2 heteroatoms. The first-order valence-electron chi connectivity index (χ1n) is 7.45. The minimum atomic E-state index is 0.133. The lowest BCUT2D eigenvalue weighted by Gasteiger charge is -2.23. The van der Waals surface area contributed by atoms with Crippen molar-refractivity contribution >= 4 is 0 Å². The Morgan fingerprint density at radius 2 is 1.89 bits per heavy atom. The Labute approximate surface area is 117 Å². The Bertz CT molecular complexity index is 414. The van der Waals surface area contributed by atoms with Crippen LogP contribution in [-0.2, 0) is 6.54 Å². The number of aryl methyl sites for hydroxylation is 1. The predicted molar refractivity (Wildman–Crippen MR) is 80.7 cm³/mol. The molecule has 0 heterocycles. The van der Waals surface area contributed by atoms with Gasteiger partial charge in [0.25, 0.3) is 0 Å². The van der Waals surface area contributed by atoms with Crippen LogP contribution < -0.4 is 10.1 Å². The third kappa shape index (κ3) is 4.54. The van der Waals surface area contributed by atoms with Crippen molar-refractivity contribution in [2.24, 2.45) is 0 Å². The number of ether oxygens (including phenoxy) is 1. The van der Waals surface area contributed by atoms with Gasteiger partial charge in [-0.25, -0.2) is 0 Å². The smallest absolute Gasteiger partial charge is 0.124 e. The summed E-state index contributed by atoms with van der Waals surface area (Å²) >= 11 is 0. The van der Waals surface area contributed by atoms with E-state index < -0.39 is 0 Å². The van der Waals surface area contributed by atoms with Gasteiger partial charge in [-0.15, -0.1) is 0 Å². The SMILES string of the molecule is Cc1ccc(OC2CCCC2)c(CNC(C)(C)C)c1. The highest BCUT2D eigenvalue weighted by Crippen LogP contribution is 2.27. The van der Waals surface area contributed by atoms with Gasteiger partial charge >= 0.3 is 0 Å². The molecule has 0 unspecified atom stereocenters. The average Bonchev–Trinajstić information content (AvgIpc) is 2.81. The number of nitrogens with one attached hydrogen (secondary N) is 1. The second-order valence-corrected chi connectivity index (χ2v) is 6.74. The Balaban J connectivity index is 2.08. The quantitative estimate of drug-likeness (QED) is 0.877. The minimum absolute atomic E-state index is 0.133. The zero-order chi connectivity index (χ0) is 13.9. The molecule has 0 spiro atoms. The molecule has 1 aliphatic rings. The van der Waals surface area contributed by atoms with Crippen LogP contribution in [0.4, 0.5) is 0 Å². The largest absolute Gasteiger partial charge is 0.490 e. The van der Waals surface area contributed by atoms with Crippen LogP contribution >= 0.6 is 0 Å². The van der Waals surface area contributed by atoms with Crippen molar-refractivity contribution in [1.29, 1.82) is 0 Å². The van der Waals surface area contributed by atoms with Crippen LogP contribution in [0, 0.1) is 6.92 Å². The van der Waals surface area contributed by atoms with Gasteiger partial charge in [0, 0.05) is 17.6 Å². The number of rotatable bonds is 4. The van der Waals surface area contributed by atoms with Crippen LogP contribution in [-0.4, -0.2) is 11.6 Å². The highest BCUT2D eigenvalue weighted by atomic mass is 16.5. The number of hydrogen-bond donors (Lipinski definition) is 1. The summed E-state index contributed by atoms with van der Waals surface area (Å²) in [6.45, 7) is 9.59. The van der Waals surface area contributed by atoms with E-state index >= 15 is 0 Å². The van der Waals surface area contributed by atoms with E-state index in [-0.39, 0.29) is 5.54 Å². The zero-order valence-electron chi connectivity index (χ0n) is 12.8. The first-order chi connectivity index (χ1) is 8.94. The van der Waals surface area contributed by atoms with Crippen LogP contribution in [0.2, 0.25) is 0 Å². The summed E-state index contributed by atoms with van der Waals surface area (Å²) in [5.74, 6) is 1.06. The molecular weight excluding hydrogens is 234 g/mol. The third-order valence-electron chi connectivity index (χ3n) is 3.62. The van der Waals surface area contributed by atoms with Gasteiger partial charge in [-0.3, -0.25) is 0 Å². The molecule has 1 saturated carbocycles. The zero-order valence-corrected chi connectivity index (χ0v) is 12.8. The maximum atomic E-state index is 6.19. The van der Waals surface area contributed by atoms with Gasteiger partial charge in [0.1, 0.15) is 5.75 Å². The maximum Gasteiger partial charge on any atom is 0.124 e. The summed E-state index contributed by atoms with van der Waals surface area (Å²) in [6, 6.07) is 6.52. The Morgan fingerprint density at radius 1 is 1.21 bits per heavy atom. The molecular formula is C17H27NO. The van der Waals surface area contributed by atoms with E-state index in [1.165, 1.54) is 36.8 Å². The fourth-order valence-corrected chi connectivity index (χ4v) is 2.51. The van der Waals surface area contributed by atoms with Gasteiger partial charge in [-0.05, 0) is 59.4 Å². The van der Waals surface area contributed by atoms with E-state index in [4.69, 9.17) is 4.74 Å². The summed E-state index contributed by atoms with van der Waals surface area (Å²) in [7, 11) is 0. The van der Waals surface area contributed by atoms with E-state index in [1.54, 1.807) is 0 Å². The average molecular weight is 261 g/mol. The topological polar surface area (TPSA) is 21.3 Å². The van der Waals surface area contributed by atoms with E-state index in [9.17, 15) is 0 Å². The van der Waals surface area contributed by atoms with Crippen molar-refractivity contribution in [1.82, 2.24) is 5.32 Å². The van der Waals surface area contributed by atoms with Crippen LogP contribution in [0.1, 0.15) is 57.6 Å². The van der Waals surface area contributed by atoms with Crippen LogP contribution in [0.25, 0.3) is 0 Å².